The van der Waals surface area contributed by atoms with Crippen molar-refractivity contribution in [3.8, 4) is 5.69 Å². The molecule has 1 N–H and O–H groups in total. The van der Waals surface area contributed by atoms with Crippen LogP contribution in [0, 0.1) is 0 Å². The molecule has 0 spiro atoms. The highest BCUT2D eigenvalue weighted by Crippen LogP contribution is 2.30. The van der Waals surface area contributed by atoms with E-state index in [1.54, 1.807) is 0 Å². The van der Waals surface area contributed by atoms with Gasteiger partial charge in [0.2, 0.25) is 0 Å². The first-order chi connectivity index (χ1) is 13.3. The molecule has 5 rings (SSSR count). The fraction of sp³-hybridized carbons (Fsp3) is 0. The van der Waals surface area contributed by atoms with Gasteiger partial charge in [0.25, 0.3) is 0 Å². The molecule has 3 aromatic carbocycles. The second kappa shape index (κ2) is 6.45. The average Bonchev–Trinajstić information content (AvgIpc) is 3.28. The van der Waals surface area contributed by atoms with Crippen molar-refractivity contribution in [2.24, 2.45) is 0 Å². The van der Waals surface area contributed by atoms with Crippen LogP contribution < -0.4 is 0 Å². The number of aromatic nitrogens is 3. The van der Waals surface area contributed by atoms with Gasteiger partial charge in [-0.2, -0.15) is 5.10 Å². The summed E-state index contributed by atoms with van der Waals surface area (Å²) in [5, 5.41) is 11.5. The summed E-state index contributed by atoms with van der Waals surface area (Å²) >= 11 is 6.66. The molecule has 0 aliphatic carbocycles. The van der Waals surface area contributed by atoms with E-state index in [0.717, 1.165) is 43.8 Å². The number of rotatable bonds is 3. The largest absolute Gasteiger partial charge is 0.306 e. The standard InChI is InChI=1S/C23H16ClN3/c24-23-18-9-3-1-8-17(18)15-27(23)22-12-6-2-7-16(22)13-14-21-19-10-4-5-11-20(19)25-26-21/h1-15H,(H,25,26). The van der Waals surface area contributed by atoms with Crippen LogP contribution in [0.1, 0.15) is 11.3 Å². The lowest BCUT2D eigenvalue weighted by Gasteiger charge is -2.09. The first kappa shape index (κ1) is 15.9. The van der Waals surface area contributed by atoms with Gasteiger partial charge in [0, 0.05) is 22.4 Å². The molecule has 0 fully saturated rings. The lowest BCUT2D eigenvalue weighted by Crippen LogP contribution is -1.94. The molecule has 5 aromatic rings. The second-order valence-electron chi connectivity index (χ2n) is 6.42. The van der Waals surface area contributed by atoms with Crippen LogP contribution in [0.4, 0.5) is 0 Å². The summed E-state index contributed by atoms with van der Waals surface area (Å²) in [4.78, 5) is 0. The van der Waals surface area contributed by atoms with Gasteiger partial charge in [-0.15, -0.1) is 0 Å². The van der Waals surface area contributed by atoms with E-state index in [-0.39, 0.29) is 0 Å². The fourth-order valence-corrected chi connectivity index (χ4v) is 3.74. The van der Waals surface area contributed by atoms with Crippen LogP contribution in [-0.2, 0) is 0 Å². The minimum Gasteiger partial charge on any atom is -0.306 e. The molecule has 4 heteroatoms. The molecule has 0 saturated carbocycles. The summed E-state index contributed by atoms with van der Waals surface area (Å²) in [5.41, 5.74) is 4.07. The van der Waals surface area contributed by atoms with Crippen LogP contribution >= 0.6 is 11.6 Å². The van der Waals surface area contributed by atoms with Gasteiger partial charge in [-0.25, -0.2) is 0 Å². The van der Waals surface area contributed by atoms with E-state index < -0.39 is 0 Å². The first-order valence-corrected chi connectivity index (χ1v) is 9.15. The molecule has 0 amide bonds. The fourth-order valence-electron chi connectivity index (χ4n) is 3.43. The number of fused-ring (bicyclic) bond motifs is 2. The number of aromatic amines is 1. The Balaban J connectivity index is 1.61. The highest BCUT2D eigenvalue weighted by molar-refractivity contribution is 6.35. The van der Waals surface area contributed by atoms with Crippen molar-refractivity contribution >= 4 is 45.4 Å². The van der Waals surface area contributed by atoms with Crippen molar-refractivity contribution in [1.29, 1.82) is 0 Å². The third-order valence-electron chi connectivity index (χ3n) is 4.78. The number of hydrogen-bond donors (Lipinski definition) is 1. The maximum absolute atomic E-state index is 6.66. The van der Waals surface area contributed by atoms with E-state index in [4.69, 9.17) is 11.6 Å². The molecule has 0 unspecified atom stereocenters. The minimum absolute atomic E-state index is 0.719. The van der Waals surface area contributed by atoms with Gasteiger partial charge in [-0.1, -0.05) is 78.3 Å². The number of para-hydroxylation sites is 2. The van der Waals surface area contributed by atoms with Crippen molar-refractivity contribution in [2.75, 3.05) is 0 Å². The smallest absolute Gasteiger partial charge is 0.121 e. The summed E-state index contributed by atoms with van der Waals surface area (Å²) in [5.74, 6) is 0. The highest BCUT2D eigenvalue weighted by Gasteiger charge is 2.10. The Bertz CT molecular complexity index is 1290. The van der Waals surface area contributed by atoms with Crippen molar-refractivity contribution in [2.45, 2.75) is 0 Å². The zero-order valence-corrected chi connectivity index (χ0v) is 15.2. The van der Waals surface area contributed by atoms with E-state index in [1.165, 1.54) is 0 Å². The molecule has 0 aliphatic rings. The van der Waals surface area contributed by atoms with Crippen molar-refractivity contribution < 1.29 is 0 Å². The molecule has 2 heterocycles. The molecule has 0 bridgehead atoms. The van der Waals surface area contributed by atoms with Crippen LogP contribution in [0.15, 0.2) is 79.0 Å². The van der Waals surface area contributed by atoms with Crippen LogP contribution in [0.2, 0.25) is 5.15 Å². The summed E-state index contributed by atoms with van der Waals surface area (Å²) in [7, 11) is 0. The summed E-state index contributed by atoms with van der Waals surface area (Å²) in [6, 6.07) is 24.5. The third-order valence-corrected chi connectivity index (χ3v) is 5.17. The Hall–Kier alpha value is -3.30. The highest BCUT2D eigenvalue weighted by atomic mass is 35.5. The van der Waals surface area contributed by atoms with Crippen molar-refractivity contribution in [3.05, 3.63) is 95.4 Å². The quantitative estimate of drug-likeness (QED) is 0.396. The Morgan fingerprint density at radius 3 is 2.44 bits per heavy atom. The van der Waals surface area contributed by atoms with Crippen molar-refractivity contribution in [3.63, 3.8) is 0 Å². The zero-order chi connectivity index (χ0) is 18.2. The average molecular weight is 370 g/mol. The number of nitrogens with one attached hydrogen (secondary N) is 1. The van der Waals surface area contributed by atoms with E-state index in [1.807, 2.05) is 59.2 Å². The van der Waals surface area contributed by atoms with Gasteiger partial charge in [0.15, 0.2) is 0 Å². The van der Waals surface area contributed by atoms with E-state index >= 15 is 0 Å². The second-order valence-corrected chi connectivity index (χ2v) is 6.78. The lowest BCUT2D eigenvalue weighted by molar-refractivity contribution is 1.08. The van der Waals surface area contributed by atoms with E-state index in [2.05, 4.69) is 46.7 Å². The third kappa shape index (κ3) is 2.73. The Morgan fingerprint density at radius 1 is 0.815 bits per heavy atom. The first-order valence-electron chi connectivity index (χ1n) is 8.77. The lowest BCUT2D eigenvalue weighted by atomic mass is 10.1. The molecule has 130 valence electrons. The molecule has 0 atom stereocenters. The number of hydrogen-bond acceptors (Lipinski definition) is 1. The summed E-state index contributed by atoms with van der Waals surface area (Å²) < 4.78 is 2.04. The molecular formula is C23H16ClN3. The van der Waals surface area contributed by atoms with Crippen LogP contribution in [0.3, 0.4) is 0 Å². The van der Waals surface area contributed by atoms with Gasteiger partial charge in [-0.3, -0.25) is 5.10 Å². The predicted octanol–water partition coefficient (Wildman–Crippen LogP) is 6.33. The number of halogens is 1. The Labute approximate surface area is 161 Å². The van der Waals surface area contributed by atoms with Gasteiger partial charge in [-0.05, 0) is 23.8 Å². The molecule has 0 saturated heterocycles. The van der Waals surface area contributed by atoms with E-state index in [0.29, 0.717) is 0 Å². The monoisotopic (exact) mass is 369 g/mol. The predicted molar refractivity (Wildman–Crippen MR) is 113 cm³/mol. The Morgan fingerprint density at radius 2 is 1.56 bits per heavy atom. The van der Waals surface area contributed by atoms with E-state index in [9.17, 15) is 0 Å². The SMILES string of the molecule is Clc1c2ccccc2cn1-c1ccccc1C=Cc1n[nH]c2ccccc12. The maximum atomic E-state index is 6.66. The summed E-state index contributed by atoms with van der Waals surface area (Å²) in [6.45, 7) is 0. The Kier molecular flexibility index (Phi) is 3.80. The molecule has 3 nitrogen and oxygen atoms in total. The zero-order valence-electron chi connectivity index (χ0n) is 14.4. The van der Waals surface area contributed by atoms with Crippen LogP contribution in [0.5, 0.6) is 0 Å². The van der Waals surface area contributed by atoms with Crippen molar-refractivity contribution in [1.82, 2.24) is 14.8 Å². The van der Waals surface area contributed by atoms with Gasteiger partial charge in [0.05, 0.1) is 16.9 Å². The maximum Gasteiger partial charge on any atom is 0.121 e. The van der Waals surface area contributed by atoms with Crippen LogP contribution in [-0.4, -0.2) is 14.8 Å². The van der Waals surface area contributed by atoms with Crippen LogP contribution in [0.25, 0.3) is 39.5 Å². The molecule has 0 aliphatic heterocycles. The molecule has 2 aromatic heterocycles. The molecule has 27 heavy (non-hydrogen) atoms. The number of benzene rings is 3. The summed E-state index contributed by atoms with van der Waals surface area (Å²) in [6.07, 6.45) is 6.20. The van der Waals surface area contributed by atoms with Gasteiger partial charge >= 0.3 is 0 Å². The number of H-pyrrole nitrogens is 1. The molecular weight excluding hydrogens is 354 g/mol. The topological polar surface area (TPSA) is 33.6 Å². The normalized spacial score (nSPS) is 11.7. The minimum atomic E-state index is 0.719. The molecule has 0 radical (unpaired) electrons. The number of nitrogens with zero attached hydrogens (tertiary/aromatic N) is 2. The van der Waals surface area contributed by atoms with Gasteiger partial charge in [0.1, 0.15) is 5.15 Å². The van der Waals surface area contributed by atoms with Gasteiger partial charge < -0.3 is 4.57 Å².